The van der Waals surface area contributed by atoms with Gasteiger partial charge < -0.3 is 15.4 Å². The van der Waals surface area contributed by atoms with Crippen molar-refractivity contribution in [1.29, 1.82) is 0 Å². The van der Waals surface area contributed by atoms with Gasteiger partial charge in [-0.25, -0.2) is 4.79 Å². The van der Waals surface area contributed by atoms with Crippen LogP contribution in [0.4, 0.5) is 23.7 Å². The van der Waals surface area contributed by atoms with Crippen molar-refractivity contribution in [2.75, 3.05) is 18.5 Å². The van der Waals surface area contributed by atoms with E-state index in [1.54, 1.807) is 30.4 Å². The molecule has 0 fully saturated rings. The van der Waals surface area contributed by atoms with E-state index in [2.05, 4.69) is 15.6 Å². The number of nitrogens with zero attached hydrogens (tertiary/aromatic N) is 2. The van der Waals surface area contributed by atoms with Gasteiger partial charge in [0.05, 0.1) is 18.2 Å². The summed E-state index contributed by atoms with van der Waals surface area (Å²) < 4.78 is 44.9. The van der Waals surface area contributed by atoms with E-state index < -0.39 is 17.8 Å². The van der Waals surface area contributed by atoms with Crippen LogP contribution in [0.15, 0.2) is 60.1 Å². The second-order valence-electron chi connectivity index (χ2n) is 7.39. The lowest BCUT2D eigenvalue weighted by atomic mass is 10.0. The standard InChI is InChI=1S/C22H21F3N4O2/c1-13-10-17(11-14(2)26-13)27-21(30)29-8-9-31-19-7-6-18(28-20(19)29)15-4-3-5-16(12-15)22(23,24)25/h3-7,10-12,18,28H,8-9H2,1-2H3,(H,26,27,30). The molecule has 0 aliphatic carbocycles. The monoisotopic (exact) mass is 430 g/mol. The normalized spacial score (nSPS) is 18.2. The molecule has 2 N–H and O–H groups in total. The molecule has 0 radical (unpaired) electrons. The second-order valence-corrected chi connectivity index (χ2v) is 7.39. The van der Waals surface area contributed by atoms with Crippen molar-refractivity contribution in [3.63, 3.8) is 0 Å². The number of hydrogen-bond donors (Lipinski definition) is 2. The van der Waals surface area contributed by atoms with Crippen molar-refractivity contribution in [3.8, 4) is 0 Å². The third-order valence-electron chi connectivity index (χ3n) is 4.96. The summed E-state index contributed by atoms with van der Waals surface area (Å²) in [5.41, 5.74) is 1.88. The maximum atomic E-state index is 13.1. The average molecular weight is 430 g/mol. The van der Waals surface area contributed by atoms with Crippen LogP contribution >= 0.6 is 0 Å². The molecule has 1 aromatic heterocycles. The van der Waals surface area contributed by atoms with Crippen LogP contribution in [0.1, 0.15) is 28.6 Å². The number of allylic oxidation sites excluding steroid dienone is 1. The second kappa shape index (κ2) is 7.98. The van der Waals surface area contributed by atoms with Crippen molar-refractivity contribution < 1.29 is 22.7 Å². The Morgan fingerprint density at radius 2 is 1.97 bits per heavy atom. The van der Waals surface area contributed by atoms with Crippen LogP contribution in [-0.2, 0) is 10.9 Å². The van der Waals surface area contributed by atoms with Crippen LogP contribution in [0, 0.1) is 13.8 Å². The van der Waals surface area contributed by atoms with E-state index in [4.69, 9.17) is 4.74 Å². The van der Waals surface area contributed by atoms with Crippen LogP contribution in [-0.4, -0.2) is 29.1 Å². The summed E-state index contributed by atoms with van der Waals surface area (Å²) in [6, 6.07) is 7.73. The number of dihydropyridines is 1. The SMILES string of the molecule is Cc1cc(NC(=O)N2CCOC3=C2NC(c2cccc(C(F)(F)F)c2)C=C3)cc(C)n1. The van der Waals surface area contributed by atoms with Crippen molar-refractivity contribution in [2.24, 2.45) is 0 Å². The Balaban J connectivity index is 1.56. The zero-order valence-corrected chi connectivity index (χ0v) is 17.0. The number of aromatic nitrogens is 1. The Hall–Kier alpha value is -3.49. The van der Waals surface area contributed by atoms with E-state index in [0.717, 1.165) is 23.5 Å². The Morgan fingerprint density at radius 1 is 1.23 bits per heavy atom. The highest BCUT2D eigenvalue weighted by Crippen LogP contribution is 2.33. The first kappa shape index (κ1) is 20.8. The van der Waals surface area contributed by atoms with Gasteiger partial charge in [0.2, 0.25) is 0 Å². The largest absolute Gasteiger partial charge is 0.488 e. The molecule has 0 saturated heterocycles. The number of ether oxygens (including phenoxy) is 1. The minimum Gasteiger partial charge on any atom is -0.488 e. The average Bonchev–Trinajstić information content (AvgIpc) is 2.71. The predicted octanol–water partition coefficient (Wildman–Crippen LogP) is 4.65. The molecule has 4 rings (SSSR count). The third-order valence-corrected chi connectivity index (χ3v) is 4.96. The summed E-state index contributed by atoms with van der Waals surface area (Å²) in [6.07, 6.45) is -1.04. The molecule has 162 valence electrons. The summed E-state index contributed by atoms with van der Waals surface area (Å²) in [4.78, 5) is 18.8. The first-order valence-electron chi connectivity index (χ1n) is 9.73. The topological polar surface area (TPSA) is 66.5 Å². The number of pyridine rings is 1. The fraction of sp³-hybridized carbons (Fsp3) is 0.273. The molecule has 1 unspecified atom stereocenters. The van der Waals surface area contributed by atoms with Crippen LogP contribution in [0.2, 0.25) is 0 Å². The Kier molecular flexibility index (Phi) is 5.34. The number of alkyl halides is 3. The molecule has 0 saturated carbocycles. The van der Waals surface area contributed by atoms with Gasteiger partial charge in [0, 0.05) is 17.1 Å². The predicted molar refractivity (Wildman–Crippen MR) is 109 cm³/mol. The molecule has 6 nitrogen and oxygen atoms in total. The van der Waals surface area contributed by atoms with Gasteiger partial charge in [-0.15, -0.1) is 0 Å². The van der Waals surface area contributed by atoms with E-state index >= 15 is 0 Å². The molecule has 3 heterocycles. The first-order valence-corrected chi connectivity index (χ1v) is 9.73. The van der Waals surface area contributed by atoms with E-state index in [1.807, 2.05) is 13.8 Å². The Bertz CT molecular complexity index is 1060. The number of rotatable bonds is 2. The molecule has 1 atom stereocenters. The number of amides is 2. The molecule has 31 heavy (non-hydrogen) atoms. The summed E-state index contributed by atoms with van der Waals surface area (Å²) in [6.45, 7) is 4.28. The molecular weight excluding hydrogens is 409 g/mol. The maximum Gasteiger partial charge on any atom is 0.416 e. The van der Waals surface area contributed by atoms with E-state index in [-0.39, 0.29) is 6.03 Å². The molecule has 2 aliphatic heterocycles. The van der Waals surface area contributed by atoms with Crippen molar-refractivity contribution in [3.05, 3.63) is 82.6 Å². The third kappa shape index (κ3) is 4.50. The number of halogens is 3. The Labute approximate surface area is 177 Å². The number of benzene rings is 1. The molecular formula is C22H21F3N4O2. The molecule has 0 bridgehead atoms. The van der Waals surface area contributed by atoms with E-state index in [9.17, 15) is 18.0 Å². The van der Waals surface area contributed by atoms with Gasteiger partial charge in [-0.2, -0.15) is 13.2 Å². The molecule has 0 spiro atoms. The van der Waals surface area contributed by atoms with Crippen molar-refractivity contribution in [2.45, 2.75) is 26.1 Å². The highest BCUT2D eigenvalue weighted by molar-refractivity contribution is 5.90. The summed E-state index contributed by atoms with van der Waals surface area (Å²) in [7, 11) is 0. The van der Waals surface area contributed by atoms with Crippen LogP contribution in [0.25, 0.3) is 0 Å². The molecule has 9 heteroatoms. The number of hydrogen-bond acceptors (Lipinski definition) is 4. The van der Waals surface area contributed by atoms with Crippen LogP contribution in [0.3, 0.4) is 0 Å². The van der Waals surface area contributed by atoms with Crippen LogP contribution < -0.4 is 10.6 Å². The lowest BCUT2D eigenvalue weighted by Gasteiger charge is -2.36. The number of urea groups is 1. The lowest BCUT2D eigenvalue weighted by Crippen LogP contribution is -2.46. The quantitative estimate of drug-likeness (QED) is 0.728. The van der Waals surface area contributed by atoms with Crippen molar-refractivity contribution >= 4 is 11.7 Å². The van der Waals surface area contributed by atoms with Gasteiger partial charge in [0.1, 0.15) is 6.61 Å². The molecule has 2 aliphatic rings. The molecule has 1 aromatic carbocycles. The number of anilines is 1. The highest BCUT2D eigenvalue weighted by atomic mass is 19.4. The molecule has 2 aromatic rings. The summed E-state index contributed by atoms with van der Waals surface area (Å²) in [5, 5.41) is 6.00. The number of nitrogens with one attached hydrogen (secondary N) is 2. The van der Waals surface area contributed by atoms with E-state index in [0.29, 0.717) is 36.0 Å². The summed E-state index contributed by atoms with van der Waals surface area (Å²) in [5.74, 6) is 0.878. The smallest absolute Gasteiger partial charge is 0.416 e. The number of carbonyl (C=O) groups excluding carboxylic acids is 1. The zero-order chi connectivity index (χ0) is 22.2. The first-order chi connectivity index (χ1) is 14.7. The summed E-state index contributed by atoms with van der Waals surface area (Å²) >= 11 is 0. The number of aryl methyl sites for hydroxylation is 2. The minimum atomic E-state index is -4.43. The van der Waals surface area contributed by atoms with Gasteiger partial charge in [-0.05, 0) is 49.8 Å². The fourth-order valence-electron chi connectivity index (χ4n) is 3.62. The highest BCUT2D eigenvalue weighted by Gasteiger charge is 2.33. The number of carbonyl (C=O) groups is 1. The van der Waals surface area contributed by atoms with Gasteiger partial charge in [-0.1, -0.05) is 18.2 Å². The zero-order valence-electron chi connectivity index (χ0n) is 17.0. The van der Waals surface area contributed by atoms with E-state index in [1.165, 1.54) is 11.0 Å². The lowest BCUT2D eigenvalue weighted by molar-refractivity contribution is -0.137. The van der Waals surface area contributed by atoms with Crippen molar-refractivity contribution in [1.82, 2.24) is 15.2 Å². The van der Waals surface area contributed by atoms with Gasteiger partial charge in [0.25, 0.3) is 0 Å². The Morgan fingerprint density at radius 3 is 2.68 bits per heavy atom. The fourth-order valence-corrected chi connectivity index (χ4v) is 3.62. The van der Waals surface area contributed by atoms with Gasteiger partial charge in [0.15, 0.2) is 11.6 Å². The maximum absolute atomic E-state index is 13.1. The minimum absolute atomic E-state index is 0.296. The van der Waals surface area contributed by atoms with Gasteiger partial charge in [-0.3, -0.25) is 9.88 Å². The van der Waals surface area contributed by atoms with Crippen LogP contribution in [0.5, 0.6) is 0 Å². The van der Waals surface area contributed by atoms with Gasteiger partial charge >= 0.3 is 12.2 Å². The molecule has 2 amide bonds.